The zero-order valence-corrected chi connectivity index (χ0v) is 13.9. The van der Waals surface area contributed by atoms with Gasteiger partial charge in [-0.15, -0.1) is 0 Å². The first-order chi connectivity index (χ1) is 10.9. The van der Waals surface area contributed by atoms with Gasteiger partial charge in [-0.05, 0) is 23.8 Å². The largest absolute Gasteiger partial charge is 0.0622 e. The van der Waals surface area contributed by atoms with Gasteiger partial charge in [-0.25, -0.2) is 0 Å². The molecule has 110 valence electrons. The molecule has 3 rings (SSSR count). The second-order valence-corrected chi connectivity index (χ2v) is 6.86. The fraction of sp³-hybridized carbons (Fsp3) is 0. The molecule has 0 aliphatic heterocycles. The topological polar surface area (TPSA) is 17.1 Å². The van der Waals surface area contributed by atoms with Crippen LogP contribution in [-0.4, -0.2) is 4.79 Å². The molecule has 0 aromatic heterocycles. The predicted octanol–water partition coefficient (Wildman–Crippen LogP) is 3.05. The van der Waals surface area contributed by atoms with Crippen LogP contribution < -0.4 is 15.9 Å². The van der Waals surface area contributed by atoms with Gasteiger partial charge in [-0.3, -0.25) is 0 Å². The molecule has 0 aliphatic rings. The summed E-state index contributed by atoms with van der Waals surface area (Å²) >= 11 is 2.68. The van der Waals surface area contributed by atoms with Gasteiger partial charge in [-0.1, -0.05) is 91.0 Å². The number of hydrogen-bond donors (Lipinski definition) is 0. The first-order valence-corrected chi connectivity index (χ1v) is 8.68. The van der Waals surface area contributed by atoms with Crippen LogP contribution in [0, 0.1) is 0 Å². The van der Waals surface area contributed by atoms with Gasteiger partial charge in [0, 0.05) is 0 Å². The molecule has 0 radical (unpaired) electrons. The molecule has 0 bridgehead atoms. The molecular weight excluding hydrogens is 331 g/mol. The number of rotatable bonds is 3. The van der Waals surface area contributed by atoms with Crippen molar-refractivity contribution in [2.75, 3.05) is 0 Å². The van der Waals surface area contributed by atoms with Crippen LogP contribution in [0.2, 0.25) is 0 Å². The number of hydrogen-bond acceptors (Lipinski definition) is 1. The van der Waals surface area contributed by atoms with E-state index in [9.17, 15) is 0 Å². The molecule has 3 aromatic rings. The van der Waals surface area contributed by atoms with Crippen LogP contribution >= 0.6 is 7.92 Å². The standard InChI is InChI=1S/C18H15P.CO.Fe/c1-4-10-16(11-5-1)19(17-12-6-2-7-13-17)18-14-8-3-9-15-18;1-2;/h1-15H;;. The van der Waals surface area contributed by atoms with Gasteiger partial charge in [-0.2, -0.15) is 0 Å². The molecule has 0 spiro atoms. The summed E-state index contributed by atoms with van der Waals surface area (Å²) in [6.45, 7) is 0. The van der Waals surface area contributed by atoms with Crippen molar-refractivity contribution in [3.8, 4) is 0 Å². The number of benzene rings is 3. The van der Waals surface area contributed by atoms with Crippen molar-refractivity contribution in [1.29, 1.82) is 0 Å². The molecular formula is C19H15FeOP. The smallest absolute Gasteiger partial charge is 0.0134 e. The zero-order valence-electron chi connectivity index (χ0n) is 11.9. The van der Waals surface area contributed by atoms with E-state index >= 15 is 0 Å². The Labute approximate surface area is 140 Å². The Bertz CT molecular complexity index is 614. The van der Waals surface area contributed by atoms with Crippen molar-refractivity contribution >= 4 is 28.6 Å². The minimum absolute atomic E-state index is 0.446. The molecule has 22 heavy (non-hydrogen) atoms. The van der Waals surface area contributed by atoms with Gasteiger partial charge < -0.3 is 0 Å². The second kappa shape index (κ2) is 9.26. The predicted molar refractivity (Wildman–Crippen MR) is 90.8 cm³/mol. The van der Waals surface area contributed by atoms with E-state index in [4.69, 9.17) is 4.79 Å². The maximum absolute atomic E-state index is 8.57. The average molecular weight is 346 g/mol. The fourth-order valence-corrected chi connectivity index (χ4v) is 4.48. The van der Waals surface area contributed by atoms with Gasteiger partial charge in [0.2, 0.25) is 0 Å². The minimum Gasteiger partial charge on any atom is -0.0622 e. The van der Waals surface area contributed by atoms with Gasteiger partial charge in [0.15, 0.2) is 0 Å². The SMILES string of the molecule is O=[C]=[Fe].c1ccc(P(c2ccccc2)c2ccccc2)cc1. The molecule has 0 heterocycles. The molecule has 0 unspecified atom stereocenters. The van der Waals surface area contributed by atoms with Crippen molar-refractivity contribution < 1.29 is 20.4 Å². The van der Waals surface area contributed by atoms with Crippen LogP contribution in [0.3, 0.4) is 0 Å². The van der Waals surface area contributed by atoms with Crippen molar-refractivity contribution in [3.05, 3.63) is 91.0 Å². The summed E-state index contributed by atoms with van der Waals surface area (Å²) in [5, 5.41) is 4.19. The fourth-order valence-electron chi connectivity index (χ4n) is 2.18. The summed E-state index contributed by atoms with van der Waals surface area (Å²) in [5.74, 6) is 0. The molecule has 1 nitrogen and oxygen atoms in total. The van der Waals surface area contributed by atoms with Crippen molar-refractivity contribution in [3.63, 3.8) is 0 Å². The van der Waals surface area contributed by atoms with Gasteiger partial charge >= 0.3 is 25.2 Å². The van der Waals surface area contributed by atoms with E-state index < -0.39 is 7.92 Å². The van der Waals surface area contributed by atoms with Crippen molar-refractivity contribution in [1.82, 2.24) is 0 Å². The molecule has 3 heteroatoms. The summed E-state index contributed by atoms with van der Waals surface area (Å²) in [7, 11) is -0.446. The van der Waals surface area contributed by atoms with Crippen LogP contribution in [0.15, 0.2) is 91.0 Å². The molecule has 0 saturated heterocycles. The maximum atomic E-state index is 8.57. The summed E-state index contributed by atoms with van der Waals surface area (Å²) in [5.41, 5.74) is 0. The van der Waals surface area contributed by atoms with E-state index in [1.165, 1.54) is 20.7 Å². The Balaban J connectivity index is 0.000000545. The van der Waals surface area contributed by atoms with E-state index in [1.807, 2.05) is 0 Å². The zero-order chi connectivity index (χ0) is 15.6. The van der Waals surface area contributed by atoms with Crippen LogP contribution in [0.4, 0.5) is 0 Å². The van der Waals surface area contributed by atoms with E-state index in [0.29, 0.717) is 0 Å². The van der Waals surface area contributed by atoms with E-state index in [2.05, 4.69) is 107 Å². The summed E-state index contributed by atoms with van der Waals surface area (Å²) in [6.07, 6.45) is 0. The quantitative estimate of drug-likeness (QED) is 0.526. The van der Waals surface area contributed by atoms with Crippen LogP contribution in [0.5, 0.6) is 0 Å². The third kappa shape index (κ3) is 4.60. The van der Waals surface area contributed by atoms with Gasteiger partial charge in [0.25, 0.3) is 0 Å². The maximum Gasteiger partial charge on any atom is -0.0134 e. The third-order valence-corrected chi connectivity index (χ3v) is 5.49. The molecule has 0 atom stereocenters. The first-order valence-electron chi connectivity index (χ1n) is 6.78. The van der Waals surface area contributed by atoms with E-state index in [1.54, 1.807) is 0 Å². The molecule has 0 saturated carbocycles. The summed E-state index contributed by atoms with van der Waals surface area (Å²) in [6, 6.07) is 32.3. The first kappa shape index (κ1) is 16.6. The van der Waals surface area contributed by atoms with Crippen molar-refractivity contribution in [2.24, 2.45) is 0 Å². The normalized spacial score (nSPS) is 9.55. The third-order valence-electron chi connectivity index (χ3n) is 3.04. The van der Waals surface area contributed by atoms with E-state index in [0.717, 1.165) is 0 Å². The van der Waals surface area contributed by atoms with Gasteiger partial charge in [0.1, 0.15) is 0 Å². The minimum atomic E-state index is -0.446. The Morgan fingerprint density at radius 2 is 0.818 bits per heavy atom. The summed E-state index contributed by atoms with van der Waals surface area (Å²) < 4.78 is 0. The van der Waals surface area contributed by atoms with Crippen LogP contribution in [0.1, 0.15) is 0 Å². The molecule has 0 amide bonds. The van der Waals surface area contributed by atoms with E-state index in [-0.39, 0.29) is 0 Å². The van der Waals surface area contributed by atoms with Crippen LogP contribution in [-0.2, 0) is 20.4 Å². The Morgan fingerprint density at radius 1 is 0.591 bits per heavy atom. The Morgan fingerprint density at radius 3 is 1.05 bits per heavy atom. The monoisotopic (exact) mass is 346 g/mol. The Hall–Kier alpha value is -1.81. The molecule has 0 fully saturated rings. The van der Waals surface area contributed by atoms with Crippen LogP contribution in [0.25, 0.3) is 0 Å². The van der Waals surface area contributed by atoms with Crippen molar-refractivity contribution in [2.45, 2.75) is 0 Å². The second-order valence-electron chi connectivity index (χ2n) is 4.41. The average Bonchev–Trinajstić information content (AvgIpc) is 2.59. The van der Waals surface area contributed by atoms with Gasteiger partial charge in [0.05, 0.1) is 0 Å². The molecule has 3 aromatic carbocycles. The molecule has 0 N–H and O–H groups in total. The number of carbonyl (C=O) groups excluding carboxylic acids is 1. The Kier molecular flexibility index (Phi) is 6.97. The summed E-state index contributed by atoms with van der Waals surface area (Å²) in [4.78, 5) is 9.82. The molecule has 0 aliphatic carbocycles.